The Morgan fingerprint density at radius 1 is 1.39 bits per heavy atom. The van der Waals surface area contributed by atoms with Gasteiger partial charge in [-0.2, -0.15) is 0 Å². The largest absolute Gasteiger partial charge is 0.389 e. The average molecular weight is 251 g/mol. The highest BCUT2D eigenvalue weighted by atomic mass is 19.1. The second kappa shape index (κ2) is 5.70. The Hall–Kier alpha value is -1.09. The first-order valence-corrected chi connectivity index (χ1v) is 6.84. The van der Waals surface area contributed by atoms with Crippen LogP contribution < -0.4 is 4.90 Å². The maximum atomic E-state index is 13.3. The number of hydrogen-bond donors (Lipinski definition) is 1. The van der Waals surface area contributed by atoms with E-state index in [9.17, 15) is 9.50 Å². The van der Waals surface area contributed by atoms with Gasteiger partial charge in [-0.1, -0.05) is 13.3 Å². The van der Waals surface area contributed by atoms with E-state index in [1.165, 1.54) is 31.4 Å². The molecule has 0 aliphatic carbocycles. The van der Waals surface area contributed by atoms with Crippen molar-refractivity contribution in [1.82, 2.24) is 0 Å². The summed E-state index contributed by atoms with van der Waals surface area (Å²) in [5.41, 5.74) is 1.69. The Bertz CT molecular complexity index is 397. The number of nitrogens with zero attached hydrogens (tertiary/aromatic N) is 1. The Kier molecular flexibility index (Phi) is 4.23. The number of benzene rings is 1. The quantitative estimate of drug-likeness (QED) is 0.888. The molecule has 1 aliphatic heterocycles. The number of halogens is 1. The summed E-state index contributed by atoms with van der Waals surface area (Å²) in [4.78, 5) is 2.27. The monoisotopic (exact) mass is 251 g/mol. The van der Waals surface area contributed by atoms with Crippen molar-refractivity contribution >= 4 is 5.69 Å². The molecule has 0 aromatic heterocycles. The summed E-state index contributed by atoms with van der Waals surface area (Å²) in [5, 5.41) is 9.76. The predicted octanol–water partition coefficient (Wildman–Crippen LogP) is 3.51. The van der Waals surface area contributed by atoms with Gasteiger partial charge in [0.15, 0.2) is 0 Å². The van der Waals surface area contributed by atoms with Crippen LogP contribution in [0.25, 0.3) is 0 Å². The molecule has 0 radical (unpaired) electrons. The maximum Gasteiger partial charge on any atom is 0.123 e. The number of rotatable bonds is 3. The van der Waals surface area contributed by atoms with Gasteiger partial charge in [0.2, 0.25) is 0 Å². The minimum atomic E-state index is -0.625. The third-order valence-corrected chi connectivity index (χ3v) is 3.97. The third-order valence-electron chi connectivity index (χ3n) is 3.97. The SMILES string of the molecule is CCC1CCN(c2ccc(F)cc2C(C)O)CC1. The first kappa shape index (κ1) is 13.3. The Labute approximate surface area is 108 Å². The lowest BCUT2D eigenvalue weighted by Gasteiger charge is -2.34. The van der Waals surface area contributed by atoms with Gasteiger partial charge in [0, 0.05) is 24.3 Å². The number of hydrogen-bond acceptors (Lipinski definition) is 2. The van der Waals surface area contributed by atoms with Crippen molar-refractivity contribution < 1.29 is 9.50 Å². The summed E-state index contributed by atoms with van der Waals surface area (Å²) in [6.07, 6.45) is 2.99. The van der Waals surface area contributed by atoms with Crippen LogP contribution in [-0.4, -0.2) is 18.2 Å². The van der Waals surface area contributed by atoms with Crippen molar-refractivity contribution in [3.8, 4) is 0 Å². The van der Waals surface area contributed by atoms with Crippen LogP contribution in [0.15, 0.2) is 18.2 Å². The zero-order valence-electron chi connectivity index (χ0n) is 11.2. The number of piperidine rings is 1. The fraction of sp³-hybridized carbons (Fsp3) is 0.600. The first-order valence-electron chi connectivity index (χ1n) is 6.84. The van der Waals surface area contributed by atoms with Crippen LogP contribution in [0.5, 0.6) is 0 Å². The van der Waals surface area contributed by atoms with Gasteiger partial charge in [0.25, 0.3) is 0 Å². The molecular formula is C15H22FNO. The van der Waals surface area contributed by atoms with E-state index in [0.29, 0.717) is 5.56 Å². The smallest absolute Gasteiger partial charge is 0.123 e. The van der Waals surface area contributed by atoms with E-state index in [1.807, 2.05) is 0 Å². The summed E-state index contributed by atoms with van der Waals surface area (Å²) < 4.78 is 13.3. The zero-order valence-corrected chi connectivity index (χ0v) is 11.2. The second-order valence-electron chi connectivity index (χ2n) is 5.22. The first-order chi connectivity index (χ1) is 8.61. The maximum absolute atomic E-state index is 13.3. The van der Waals surface area contributed by atoms with E-state index in [0.717, 1.165) is 24.7 Å². The highest BCUT2D eigenvalue weighted by molar-refractivity contribution is 5.55. The van der Waals surface area contributed by atoms with Gasteiger partial charge in [-0.15, -0.1) is 0 Å². The van der Waals surface area contributed by atoms with Crippen molar-refractivity contribution in [3.63, 3.8) is 0 Å². The van der Waals surface area contributed by atoms with Crippen LogP contribution in [0, 0.1) is 11.7 Å². The molecule has 3 heteroatoms. The van der Waals surface area contributed by atoms with Gasteiger partial charge in [-0.25, -0.2) is 4.39 Å². The van der Waals surface area contributed by atoms with Gasteiger partial charge < -0.3 is 10.0 Å². The number of anilines is 1. The molecule has 1 unspecified atom stereocenters. The van der Waals surface area contributed by atoms with E-state index in [2.05, 4.69) is 11.8 Å². The molecule has 1 aromatic carbocycles. The van der Waals surface area contributed by atoms with Crippen LogP contribution in [0.3, 0.4) is 0 Å². The summed E-state index contributed by atoms with van der Waals surface area (Å²) in [6.45, 7) is 5.93. The molecule has 18 heavy (non-hydrogen) atoms. The zero-order chi connectivity index (χ0) is 13.1. The molecule has 0 bridgehead atoms. The molecule has 0 saturated carbocycles. The molecule has 2 rings (SSSR count). The standard InChI is InChI=1S/C15H22FNO/c1-3-12-6-8-17(9-7-12)15-5-4-13(16)10-14(15)11(2)18/h4-5,10-12,18H,3,6-9H2,1-2H3. The molecule has 1 heterocycles. The van der Waals surface area contributed by atoms with Crippen LogP contribution in [0.2, 0.25) is 0 Å². The van der Waals surface area contributed by atoms with Gasteiger partial charge in [0.05, 0.1) is 6.10 Å². The minimum Gasteiger partial charge on any atom is -0.389 e. The Balaban J connectivity index is 2.18. The number of aliphatic hydroxyl groups is 1. The lowest BCUT2D eigenvalue weighted by Crippen LogP contribution is -2.34. The van der Waals surface area contributed by atoms with Gasteiger partial charge in [-0.3, -0.25) is 0 Å². The topological polar surface area (TPSA) is 23.5 Å². The lowest BCUT2D eigenvalue weighted by atomic mass is 9.93. The molecule has 1 aliphatic rings. The molecule has 100 valence electrons. The van der Waals surface area contributed by atoms with E-state index in [-0.39, 0.29) is 5.82 Å². The average Bonchev–Trinajstić information content (AvgIpc) is 2.39. The second-order valence-corrected chi connectivity index (χ2v) is 5.22. The highest BCUT2D eigenvalue weighted by Crippen LogP contribution is 2.31. The van der Waals surface area contributed by atoms with E-state index < -0.39 is 6.10 Å². The van der Waals surface area contributed by atoms with Crippen LogP contribution >= 0.6 is 0 Å². The van der Waals surface area contributed by atoms with Gasteiger partial charge >= 0.3 is 0 Å². The molecule has 2 nitrogen and oxygen atoms in total. The highest BCUT2D eigenvalue weighted by Gasteiger charge is 2.21. The normalized spacial score (nSPS) is 19.0. The predicted molar refractivity (Wildman–Crippen MR) is 72.3 cm³/mol. The summed E-state index contributed by atoms with van der Waals surface area (Å²) in [6, 6.07) is 4.72. The molecule has 1 atom stereocenters. The third kappa shape index (κ3) is 2.83. The molecule has 0 spiro atoms. The number of aliphatic hydroxyl groups excluding tert-OH is 1. The Morgan fingerprint density at radius 3 is 2.61 bits per heavy atom. The van der Waals surface area contributed by atoms with E-state index in [1.54, 1.807) is 13.0 Å². The van der Waals surface area contributed by atoms with Crippen LogP contribution in [0.1, 0.15) is 44.8 Å². The summed E-state index contributed by atoms with van der Waals surface area (Å²) >= 11 is 0. The van der Waals surface area contributed by atoms with Crippen molar-refractivity contribution in [2.24, 2.45) is 5.92 Å². The van der Waals surface area contributed by atoms with E-state index in [4.69, 9.17) is 0 Å². The van der Waals surface area contributed by atoms with Crippen molar-refractivity contribution in [1.29, 1.82) is 0 Å². The fourth-order valence-electron chi connectivity index (χ4n) is 2.73. The fourth-order valence-corrected chi connectivity index (χ4v) is 2.73. The molecule has 1 saturated heterocycles. The van der Waals surface area contributed by atoms with Crippen LogP contribution in [-0.2, 0) is 0 Å². The van der Waals surface area contributed by atoms with Gasteiger partial charge in [0.1, 0.15) is 5.82 Å². The summed E-state index contributed by atoms with van der Waals surface area (Å²) in [5.74, 6) is 0.537. The van der Waals surface area contributed by atoms with Crippen molar-refractivity contribution in [3.05, 3.63) is 29.6 Å². The summed E-state index contributed by atoms with van der Waals surface area (Å²) in [7, 11) is 0. The molecule has 1 aromatic rings. The molecule has 1 N–H and O–H groups in total. The minimum absolute atomic E-state index is 0.280. The molecular weight excluding hydrogens is 229 g/mol. The molecule has 0 amide bonds. The Morgan fingerprint density at radius 2 is 2.06 bits per heavy atom. The van der Waals surface area contributed by atoms with Gasteiger partial charge in [-0.05, 0) is 43.9 Å². The van der Waals surface area contributed by atoms with Crippen LogP contribution in [0.4, 0.5) is 10.1 Å². The lowest BCUT2D eigenvalue weighted by molar-refractivity contribution is 0.199. The van der Waals surface area contributed by atoms with Crippen molar-refractivity contribution in [2.75, 3.05) is 18.0 Å². The van der Waals surface area contributed by atoms with Crippen molar-refractivity contribution in [2.45, 2.75) is 39.2 Å². The van der Waals surface area contributed by atoms with E-state index >= 15 is 0 Å². The molecule has 1 fully saturated rings.